The molecule has 1 saturated carbocycles. The zero-order valence-electron chi connectivity index (χ0n) is 11.3. The lowest BCUT2D eigenvalue weighted by Crippen LogP contribution is -2.34. The van der Waals surface area contributed by atoms with Gasteiger partial charge < -0.3 is 10.2 Å². The standard InChI is InChI=1S/C15H22N2O/c1-12-4-3-5-13(10-12)11-17(14-6-7-14)15(18)8-9-16-2/h3-5,10,14,16H,6-9,11H2,1-2H3. The van der Waals surface area contributed by atoms with Crippen molar-refractivity contribution in [3.05, 3.63) is 35.4 Å². The van der Waals surface area contributed by atoms with E-state index < -0.39 is 0 Å². The van der Waals surface area contributed by atoms with Crippen LogP contribution in [0.2, 0.25) is 0 Å². The molecule has 3 heteroatoms. The molecule has 0 aliphatic heterocycles. The minimum absolute atomic E-state index is 0.272. The van der Waals surface area contributed by atoms with E-state index >= 15 is 0 Å². The highest BCUT2D eigenvalue weighted by atomic mass is 16.2. The van der Waals surface area contributed by atoms with Crippen molar-refractivity contribution < 1.29 is 4.79 Å². The molecule has 1 aliphatic carbocycles. The Labute approximate surface area is 109 Å². The predicted octanol–water partition coefficient (Wildman–Crippen LogP) is 2.10. The molecule has 98 valence electrons. The fourth-order valence-corrected chi connectivity index (χ4v) is 2.19. The van der Waals surface area contributed by atoms with Crippen molar-refractivity contribution >= 4 is 5.91 Å². The Hall–Kier alpha value is -1.35. The van der Waals surface area contributed by atoms with Gasteiger partial charge in [0.1, 0.15) is 0 Å². The van der Waals surface area contributed by atoms with Crippen molar-refractivity contribution in [2.75, 3.05) is 13.6 Å². The summed E-state index contributed by atoms with van der Waals surface area (Å²) in [5.41, 5.74) is 2.49. The first kappa shape index (κ1) is 13.1. The molecule has 1 aliphatic rings. The van der Waals surface area contributed by atoms with Gasteiger partial charge in [-0.1, -0.05) is 29.8 Å². The number of amides is 1. The summed E-state index contributed by atoms with van der Waals surface area (Å²) in [6.45, 7) is 3.61. The third-order valence-electron chi connectivity index (χ3n) is 3.33. The molecule has 1 amide bonds. The maximum absolute atomic E-state index is 12.2. The molecule has 0 aromatic heterocycles. The molecular formula is C15H22N2O. The number of hydrogen-bond donors (Lipinski definition) is 1. The lowest BCUT2D eigenvalue weighted by molar-refractivity contribution is -0.132. The Morgan fingerprint density at radius 1 is 1.44 bits per heavy atom. The highest BCUT2D eigenvalue weighted by molar-refractivity contribution is 5.77. The number of benzene rings is 1. The average molecular weight is 246 g/mol. The summed E-state index contributed by atoms with van der Waals surface area (Å²) in [6.07, 6.45) is 2.92. The van der Waals surface area contributed by atoms with Crippen LogP contribution in [0.25, 0.3) is 0 Å². The summed E-state index contributed by atoms with van der Waals surface area (Å²) < 4.78 is 0. The summed E-state index contributed by atoms with van der Waals surface area (Å²) in [6, 6.07) is 8.91. The third-order valence-corrected chi connectivity index (χ3v) is 3.33. The number of hydrogen-bond acceptors (Lipinski definition) is 2. The predicted molar refractivity (Wildman–Crippen MR) is 73.3 cm³/mol. The Morgan fingerprint density at radius 3 is 2.83 bits per heavy atom. The van der Waals surface area contributed by atoms with Crippen LogP contribution >= 0.6 is 0 Å². The molecule has 1 fully saturated rings. The van der Waals surface area contributed by atoms with E-state index in [4.69, 9.17) is 0 Å². The quantitative estimate of drug-likeness (QED) is 0.833. The maximum Gasteiger partial charge on any atom is 0.224 e. The van der Waals surface area contributed by atoms with Crippen molar-refractivity contribution in [2.24, 2.45) is 0 Å². The van der Waals surface area contributed by atoms with Gasteiger partial charge in [-0.05, 0) is 32.4 Å². The molecule has 1 aromatic rings. The number of carbonyl (C=O) groups is 1. The highest BCUT2D eigenvalue weighted by Gasteiger charge is 2.31. The number of nitrogens with one attached hydrogen (secondary N) is 1. The van der Waals surface area contributed by atoms with Crippen LogP contribution in [0.15, 0.2) is 24.3 Å². The van der Waals surface area contributed by atoms with Gasteiger partial charge in [0.15, 0.2) is 0 Å². The van der Waals surface area contributed by atoms with Gasteiger partial charge in [-0.25, -0.2) is 0 Å². The zero-order valence-corrected chi connectivity index (χ0v) is 11.3. The topological polar surface area (TPSA) is 32.3 Å². The maximum atomic E-state index is 12.2. The van der Waals surface area contributed by atoms with Crippen molar-refractivity contribution in [2.45, 2.75) is 38.8 Å². The lowest BCUT2D eigenvalue weighted by Gasteiger charge is -2.22. The third kappa shape index (κ3) is 3.57. The minimum Gasteiger partial charge on any atom is -0.335 e. The first-order chi connectivity index (χ1) is 8.70. The van der Waals surface area contributed by atoms with Gasteiger partial charge in [0, 0.05) is 25.6 Å². The molecular weight excluding hydrogens is 224 g/mol. The van der Waals surface area contributed by atoms with Gasteiger partial charge >= 0.3 is 0 Å². The summed E-state index contributed by atoms with van der Waals surface area (Å²) in [7, 11) is 1.88. The van der Waals surface area contributed by atoms with Crippen LogP contribution in [0.3, 0.4) is 0 Å². The molecule has 0 heterocycles. The zero-order chi connectivity index (χ0) is 13.0. The summed E-state index contributed by atoms with van der Waals surface area (Å²) in [5.74, 6) is 0.272. The Kier molecular flexibility index (Phi) is 4.37. The van der Waals surface area contributed by atoms with Crippen molar-refractivity contribution in [1.82, 2.24) is 10.2 Å². The Morgan fingerprint density at radius 2 is 2.22 bits per heavy atom. The summed E-state index contributed by atoms with van der Waals surface area (Å²) in [5, 5.41) is 3.04. The minimum atomic E-state index is 0.272. The molecule has 1 N–H and O–H groups in total. The van der Waals surface area contributed by atoms with E-state index in [0.717, 1.165) is 25.9 Å². The SMILES string of the molecule is CNCCC(=O)N(Cc1cccc(C)c1)C1CC1. The second-order valence-electron chi connectivity index (χ2n) is 5.10. The van der Waals surface area contributed by atoms with Crippen LogP contribution in [-0.2, 0) is 11.3 Å². The van der Waals surface area contributed by atoms with Gasteiger partial charge in [-0.3, -0.25) is 4.79 Å². The molecule has 0 unspecified atom stereocenters. The molecule has 0 spiro atoms. The normalized spacial score (nSPS) is 14.6. The Balaban J connectivity index is 2.00. The van der Waals surface area contributed by atoms with Gasteiger partial charge in [-0.2, -0.15) is 0 Å². The highest BCUT2D eigenvalue weighted by Crippen LogP contribution is 2.29. The lowest BCUT2D eigenvalue weighted by atomic mass is 10.1. The van der Waals surface area contributed by atoms with Crippen molar-refractivity contribution in [1.29, 1.82) is 0 Å². The number of carbonyl (C=O) groups excluding carboxylic acids is 1. The van der Waals surface area contributed by atoms with E-state index in [2.05, 4.69) is 36.5 Å². The van der Waals surface area contributed by atoms with E-state index in [-0.39, 0.29) is 5.91 Å². The first-order valence-electron chi connectivity index (χ1n) is 6.70. The van der Waals surface area contributed by atoms with E-state index in [1.165, 1.54) is 11.1 Å². The molecule has 2 rings (SSSR count). The monoisotopic (exact) mass is 246 g/mol. The molecule has 0 bridgehead atoms. The van der Waals surface area contributed by atoms with Gasteiger partial charge in [0.2, 0.25) is 5.91 Å². The van der Waals surface area contributed by atoms with E-state index in [0.29, 0.717) is 12.5 Å². The fraction of sp³-hybridized carbons (Fsp3) is 0.533. The van der Waals surface area contributed by atoms with Gasteiger partial charge in [0.05, 0.1) is 0 Å². The van der Waals surface area contributed by atoms with Crippen LogP contribution in [0.1, 0.15) is 30.4 Å². The van der Waals surface area contributed by atoms with Crippen molar-refractivity contribution in [3.8, 4) is 0 Å². The molecule has 0 saturated heterocycles. The van der Waals surface area contributed by atoms with Gasteiger partial charge in [-0.15, -0.1) is 0 Å². The molecule has 0 radical (unpaired) electrons. The van der Waals surface area contributed by atoms with Gasteiger partial charge in [0.25, 0.3) is 0 Å². The van der Waals surface area contributed by atoms with Crippen LogP contribution in [0.4, 0.5) is 0 Å². The van der Waals surface area contributed by atoms with Crippen LogP contribution in [0, 0.1) is 6.92 Å². The van der Waals surface area contributed by atoms with Crippen LogP contribution < -0.4 is 5.32 Å². The smallest absolute Gasteiger partial charge is 0.224 e. The fourth-order valence-electron chi connectivity index (χ4n) is 2.19. The van der Waals surface area contributed by atoms with Crippen LogP contribution in [-0.4, -0.2) is 30.4 Å². The van der Waals surface area contributed by atoms with E-state index in [1.807, 2.05) is 11.9 Å². The summed E-state index contributed by atoms with van der Waals surface area (Å²) >= 11 is 0. The van der Waals surface area contributed by atoms with Crippen LogP contribution in [0.5, 0.6) is 0 Å². The largest absolute Gasteiger partial charge is 0.335 e. The molecule has 1 aromatic carbocycles. The second-order valence-corrected chi connectivity index (χ2v) is 5.10. The van der Waals surface area contributed by atoms with E-state index in [1.54, 1.807) is 0 Å². The number of rotatable bonds is 6. The van der Waals surface area contributed by atoms with Crippen molar-refractivity contribution in [3.63, 3.8) is 0 Å². The molecule has 0 atom stereocenters. The summed E-state index contributed by atoms with van der Waals surface area (Å²) in [4.78, 5) is 14.2. The number of nitrogens with zero attached hydrogens (tertiary/aromatic N) is 1. The second kappa shape index (κ2) is 6.01. The Bertz CT molecular complexity index is 413. The number of aryl methyl sites for hydroxylation is 1. The van der Waals surface area contributed by atoms with E-state index in [9.17, 15) is 4.79 Å². The average Bonchev–Trinajstić information content (AvgIpc) is 3.17. The molecule has 3 nitrogen and oxygen atoms in total. The first-order valence-corrected chi connectivity index (χ1v) is 6.70. The molecule has 18 heavy (non-hydrogen) atoms.